The summed E-state index contributed by atoms with van der Waals surface area (Å²) in [7, 11) is 1.47. The molecule has 0 spiro atoms. The van der Waals surface area contributed by atoms with Crippen molar-refractivity contribution >= 4 is 17.5 Å². The average Bonchev–Trinajstić information content (AvgIpc) is 3.12. The van der Waals surface area contributed by atoms with E-state index in [1.54, 1.807) is 16.8 Å². The minimum Gasteiger partial charge on any atom is -0.496 e. The molecule has 2 aromatic rings. The largest absolute Gasteiger partial charge is 0.496 e. The summed E-state index contributed by atoms with van der Waals surface area (Å²) in [5.74, 6) is -1.41. The zero-order valence-electron chi connectivity index (χ0n) is 19.6. The van der Waals surface area contributed by atoms with Crippen LogP contribution in [0.15, 0.2) is 18.2 Å². The maximum Gasteiger partial charge on any atom is 0.278 e. The number of nitrogens with one attached hydrogen (secondary N) is 1. The summed E-state index contributed by atoms with van der Waals surface area (Å²) in [6, 6.07) is 4.76. The number of aryl methyl sites for hydroxylation is 1. The Morgan fingerprint density at radius 1 is 1.30 bits per heavy atom. The van der Waals surface area contributed by atoms with Crippen molar-refractivity contribution in [3.63, 3.8) is 0 Å². The number of amides is 1. The zero-order valence-corrected chi connectivity index (χ0v) is 20.3. The summed E-state index contributed by atoms with van der Waals surface area (Å²) < 4.78 is 38.6. The molecule has 33 heavy (non-hydrogen) atoms. The van der Waals surface area contributed by atoms with E-state index in [1.807, 2.05) is 6.92 Å². The zero-order chi connectivity index (χ0) is 24.2. The second-order valence-electron chi connectivity index (χ2n) is 8.88. The van der Waals surface area contributed by atoms with Crippen molar-refractivity contribution in [1.82, 2.24) is 15.1 Å². The Labute approximate surface area is 198 Å². The molecule has 1 aliphatic carbocycles. The fourth-order valence-corrected chi connectivity index (χ4v) is 4.42. The van der Waals surface area contributed by atoms with Crippen LogP contribution in [0.3, 0.4) is 0 Å². The van der Waals surface area contributed by atoms with E-state index in [9.17, 15) is 13.6 Å². The molecule has 1 fully saturated rings. The van der Waals surface area contributed by atoms with Gasteiger partial charge in [-0.15, -0.1) is 0 Å². The third-order valence-corrected chi connectivity index (χ3v) is 6.37. The molecule has 0 bridgehead atoms. The van der Waals surface area contributed by atoms with Crippen molar-refractivity contribution < 1.29 is 23.0 Å². The molecule has 0 unspecified atom stereocenters. The highest BCUT2D eigenvalue weighted by Crippen LogP contribution is 2.39. The summed E-state index contributed by atoms with van der Waals surface area (Å²) in [4.78, 5) is 12.9. The highest BCUT2D eigenvalue weighted by Gasteiger charge is 2.26. The van der Waals surface area contributed by atoms with Crippen molar-refractivity contribution in [1.29, 1.82) is 0 Å². The van der Waals surface area contributed by atoms with E-state index >= 15 is 0 Å². The van der Waals surface area contributed by atoms with Crippen LogP contribution in [0.25, 0.3) is 11.3 Å². The van der Waals surface area contributed by atoms with E-state index in [2.05, 4.69) is 17.3 Å². The van der Waals surface area contributed by atoms with Gasteiger partial charge in [-0.3, -0.25) is 9.48 Å². The first-order valence-electron chi connectivity index (χ1n) is 11.4. The number of hydrogen-bond donors (Lipinski definition) is 1. The Morgan fingerprint density at radius 2 is 2.00 bits per heavy atom. The molecule has 6 nitrogen and oxygen atoms in total. The van der Waals surface area contributed by atoms with Gasteiger partial charge in [0.1, 0.15) is 11.5 Å². The predicted octanol–water partition coefficient (Wildman–Crippen LogP) is 5.82. The number of benzene rings is 1. The van der Waals surface area contributed by atoms with Gasteiger partial charge in [-0.2, -0.15) is 5.10 Å². The summed E-state index contributed by atoms with van der Waals surface area (Å²) in [5.41, 5.74) is 1.28. The van der Waals surface area contributed by atoms with E-state index in [1.165, 1.54) is 26.0 Å². The van der Waals surface area contributed by atoms with Gasteiger partial charge in [-0.25, -0.2) is 8.78 Å². The Kier molecular flexibility index (Phi) is 8.21. The number of aromatic nitrogens is 2. The van der Waals surface area contributed by atoms with Gasteiger partial charge < -0.3 is 14.8 Å². The molecule has 9 heteroatoms. The Hall–Kier alpha value is -2.35. The number of hydrogen-bond acceptors (Lipinski definition) is 4. The quantitative estimate of drug-likeness (QED) is 0.488. The lowest BCUT2D eigenvalue weighted by Gasteiger charge is -2.26. The van der Waals surface area contributed by atoms with Crippen molar-refractivity contribution in [2.24, 2.45) is 11.8 Å². The number of halogens is 3. The number of nitrogens with zero attached hydrogens (tertiary/aromatic N) is 2. The summed E-state index contributed by atoms with van der Waals surface area (Å²) in [5, 5.41) is 7.64. The molecule has 1 saturated carbocycles. The molecule has 1 aliphatic rings. The summed E-state index contributed by atoms with van der Waals surface area (Å²) >= 11 is 6.64. The molecule has 0 radical (unpaired) electrons. The van der Waals surface area contributed by atoms with Crippen LogP contribution in [-0.2, 0) is 6.54 Å². The summed E-state index contributed by atoms with van der Waals surface area (Å²) in [6.07, 6.45) is 4.59. The van der Waals surface area contributed by atoms with Crippen molar-refractivity contribution in [2.75, 3.05) is 20.3 Å². The number of carbonyl (C=O) groups is 1. The molecule has 1 amide bonds. The normalized spacial score (nSPS) is 18.8. The lowest BCUT2D eigenvalue weighted by Crippen LogP contribution is -2.31. The third kappa shape index (κ3) is 6.37. The van der Waals surface area contributed by atoms with Crippen LogP contribution in [0.2, 0.25) is 5.02 Å². The van der Waals surface area contributed by atoms with Gasteiger partial charge in [0.15, 0.2) is 12.3 Å². The van der Waals surface area contributed by atoms with Gasteiger partial charge in [-0.05, 0) is 43.7 Å². The number of ether oxygens (including phenoxy) is 2. The van der Waals surface area contributed by atoms with Gasteiger partial charge in [0.05, 0.1) is 17.8 Å². The van der Waals surface area contributed by atoms with Gasteiger partial charge in [0.25, 0.3) is 11.8 Å². The molecule has 1 heterocycles. The van der Waals surface area contributed by atoms with Crippen molar-refractivity contribution in [2.45, 2.75) is 58.9 Å². The van der Waals surface area contributed by atoms with E-state index in [0.717, 1.165) is 25.7 Å². The molecule has 3 rings (SSSR count). The SMILES string of the molecule is CCn1nc(C(=O)NCC2CCC(C)CC2)c(Cl)c1-c1ccc(OCC(C)(F)F)cc1OC. The average molecular weight is 484 g/mol. The van der Waals surface area contributed by atoms with Crippen LogP contribution in [0.4, 0.5) is 8.78 Å². The van der Waals surface area contributed by atoms with Crippen LogP contribution in [0, 0.1) is 11.8 Å². The molecule has 0 saturated heterocycles. The second kappa shape index (κ2) is 10.7. The van der Waals surface area contributed by atoms with Gasteiger partial charge in [-0.1, -0.05) is 31.4 Å². The Balaban J connectivity index is 1.81. The van der Waals surface area contributed by atoms with E-state index in [4.69, 9.17) is 21.1 Å². The number of carbonyl (C=O) groups excluding carboxylic acids is 1. The molecule has 182 valence electrons. The minimum atomic E-state index is -2.95. The fourth-order valence-electron chi connectivity index (χ4n) is 4.09. The Morgan fingerprint density at radius 3 is 2.61 bits per heavy atom. The van der Waals surface area contributed by atoms with E-state index in [0.29, 0.717) is 36.0 Å². The molecule has 1 N–H and O–H groups in total. The highest BCUT2D eigenvalue weighted by molar-refractivity contribution is 6.36. The molecule has 1 aromatic heterocycles. The van der Waals surface area contributed by atoms with E-state index in [-0.39, 0.29) is 22.4 Å². The number of rotatable bonds is 9. The molecular formula is C24H32ClF2N3O3. The molecule has 0 aliphatic heterocycles. The van der Waals surface area contributed by atoms with Crippen LogP contribution in [0.5, 0.6) is 11.5 Å². The van der Waals surface area contributed by atoms with Crippen LogP contribution in [-0.4, -0.2) is 41.9 Å². The summed E-state index contributed by atoms with van der Waals surface area (Å²) in [6.45, 7) is 5.29. The molecular weight excluding hydrogens is 452 g/mol. The smallest absolute Gasteiger partial charge is 0.278 e. The second-order valence-corrected chi connectivity index (χ2v) is 9.26. The third-order valence-electron chi connectivity index (χ3n) is 6.02. The fraction of sp³-hybridized carbons (Fsp3) is 0.583. The van der Waals surface area contributed by atoms with Crippen molar-refractivity contribution in [3.05, 3.63) is 28.9 Å². The number of alkyl halides is 2. The molecule has 0 atom stereocenters. The van der Waals surface area contributed by atoms with Crippen LogP contribution >= 0.6 is 11.6 Å². The van der Waals surface area contributed by atoms with Crippen LogP contribution < -0.4 is 14.8 Å². The van der Waals surface area contributed by atoms with Gasteiger partial charge >= 0.3 is 0 Å². The first-order valence-corrected chi connectivity index (χ1v) is 11.7. The topological polar surface area (TPSA) is 65.4 Å². The predicted molar refractivity (Wildman–Crippen MR) is 124 cm³/mol. The van der Waals surface area contributed by atoms with Crippen LogP contribution in [0.1, 0.15) is 56.9 Å². The van der Waals surface area contributed by atoms with Gasteiger partial charge in [0, 0.05) is 31.6 Å². The highest BCUT2D eigenvalue weighted by atomic mass is 35.5. The standard InChI is InChI=1S/C24H32ClF2N3O3/c1-5-30-22(18-11-10-17(12-19(18)32-4)33-14-24(3,26)27)20(25)21(29-30)23(31)28-13-16-8-6-15(2)7-9-16/h10-12,15-16H,5-9,13-14H2,1-4H3,(H,28,31). The maximum atomic E-state index is 13.1. The Bertz CT molecular complexity index is 967. The minimum absolute atomic E-state index is 0.158. The van der Waals surface area contributed by atoms with Gasteiger partial charge in [0.2, 0.25) is 0 Å². The first-order chi connectivity index (χ1) is 15.6. The molecule has 1 aromatic carbocycles. The maximum absolute atomic E-state index is 13.1. The number of methoxy groups -OCH3 is 1. The van der Waals surface area contributed by atoms with Crippen molar-refractivity contribution in [3.8, 4) is 22.8 Å². The first kappa shape index (κ1) is 25.3. The lowest BCUT2D eigenvalue weighted by molar-refractivity contribution is -0.0230. The lowest BCUT2D eigenvalue weighted by atomic mass is 9.83. The van der Waals surface area contributed by atoms with E-state index < -0.39 is 12.5 Å². The monoisotopic (exact) mass is 483 g/mol.